The van der Waals surface area contributed by atoms with E-state index in [9.17, 15) is 9.59 Å². The zero-order valence-electron chi connectivity index (χ0n) is 20.5. The molecule has 0 fully saturated rings. The van der Waals surface area contributed by atoms with Gasteiger partial charge in [0.1, 0.15) is 23.9 Å². The number of nitrogens with one attached hydrogen (secondary N) is 2. The number of aromatic amines is 2. The van der Waals surface area contributed by atoms with Gasteiger partial charge in [-0.2, -0.15) is 0 Å². The maximum atomic E-state index is 12.4. The number of carboxylic acid groups (broad SMARTS) is 1. The molecule has 2 heterocycles. The van der Waals surface area contributed by atoms with Crippen LogP contribution in [0.5, 0.6) is 11.5 Å². The SMILES string of the molecule is CCOc1cc(-c2cc(CCC(=O)O)cc(OCCN(C)C)c2)ccc1-c1nc2nc[nH]c2c(=O)[nH]1. The van der Waals surface area contributed by atoms with Gasteiger partial charge in [0, 0.05) is 13.0 Å². The summed E-state index contributed by atoms with van der Waals surface area (Å²) in [5.41, 5.74) is 3.55. The minimum Gasteiger partial charge on any atom is -0.493 e. The van der Waals surface area contributed by atoms with E-state index in [0.717, 1.165) is 23.2 Å². The van der Waals surface area contributed by atoms with Crippen LogP contribution in [0.2, 0.25) is 0 Å². The number of hydrogen-bond donors (Lipinski definition) is 3. The van der Waals surface area contributed by atoms with E-state index in [1.165, 1.54) is 6.33 Å². The number of benzene rings is 2. The van der Waals surface area contributed by atoms with Crippen LogP contribution in [0.15, 0.2) is 47.5 Å². The van der Waals surface area contributed by atoms with E-state index >= 15 is 0 Å². The molecule has 3 N–H and O–H groups in total. The minimum atomic E-state index is -0.853. The average Bonchev–Trinajstić information content (AvgIpc) is 3.32. The average molecular weight is 492 g/mol. The summed E-state index contributed by atoms with van der Waals surface area (Å²) in [4.78, 5) is 39.8. The number of imidazole rings is 1. The third-order valence-electron chi connectivity index (χ3n) is 5.57. The maximum Gasteiger partial charge on any atom is 0.303 e. The van der Waals surface area contributed by atoms with Gasteiger partial charge in [-0.1, -0.05) is 12.1 Å². The van der Waals surface area contributed by atoms with Gasteiger partial charge in [-0.25, -0.2) is 9.97 Å². The van der Waals surface area contributed by atoms with Crippen molar-refractivity contribution in [3.8, 4) is 34.0 Å². The van der Waals surface area contributed by atoms with Crippen molar-refractivity contribution in [1.82, 2.24) is 24.8 Å². The summed E-state index contributed by atoms with van der Waals surface area (Å²) in [5, 5.41) is 9.15. The number of fused-ring (bicyclic) bond motifs is 1. The molecule has 36 heavy (non-hydrogen) atoms. The summed E-state index contributed by atoms with van der Waals surface area (Å²) in [6.45, 7) is 3.56. The van der Waals surface area contributed by atoms with Gasteiger partial charge in [0.15, 0.2) is 11.2 Å². The quantitative estimate of drug-likeness (QED) is 0.291. The van der Waals surface area contributed by atoms with Crippen LogP contribution in [-0.2, 0) is 11.2 Å². The Morgan fingerprint density at radius 3 is 2.69 bits per heavy atom. The first-order valence-electron chi connectivity index (χ1n) is 11.7. The molecule has 4 rings (SSSR count). The van der Waals surface area contributed by atoms with Crippen molar-refractivity contribution in [3.05, 3.63) is 58.6 Å². The summed E-state index contributed by atoms with van der Waals surface area (Å²) >= 11 is 0. The number of rotatable bonds is 11. The Bertz CT molecular complexity index is 1430. The van der Waals surface area contributed by atoms with Crippen LogP contribution in [0.1, 0.15) is 18.9 Å². The molecule has 10 nitrogen and oxygen atoms in total. The Morgan fingerprint density at radius 1 is 1.11 bits per heavy atom. The molecule has 0 spiro atoms. The van der Waals surface area contributed by atoms with Gasteiger partial charge in [-0.3, -0.25) is 9.59 Å². The molecule has 10 heteroatoms. The van der Waals surface area contributed by atoms with Crippen LogP contribution in [0.4, 0.5) is 0 Å². The van der Waals surface area contributed by atoms with Gasteiger partial charge in [0.2, 0.25) is 0 Å². The number of carboxylic acids is 1. The Labute approximate surface area is 207 Å². The molecule has 4 aromatic rings. The van der Waals surface area contributed by atoms with E-state index in [1.807, 2.05) is 62.3 Å². The molecule has 0 saturated heterocycles. The second kappa shape index (κ2) is 11.0. The van der Waals surface area contributed by atoms with Crippen molar-refractivity contribution >= 4 is 17.1 Å². The standard InChI is InChI=1S/C26H29N5O5/c1-4-35-21-14-17(6-7-20(21)24-29-25-23(26(34)30-24)27-15-28-25)18-11-16(5-8-22(32)33)12-19(13-18)36-10-9-31(2)3/h6-7,11-15H,4-5,8-10H2,1-3H3,(H,32,33)(H2,27,28,29,30,34). The molecule has 0 aliphatic carbocycles. The molecule has 0 unspecified atom stereocenters. The van der Waals surface area contributed by atoms with Crippen LogP contribution >= 0.6 is 0 Å². The van der Waals surface area contributed by atoms with Crippen molar-refractivity contribution < 1.29 is 19.4 Å². The number of ether oxygens (including phenoxy) is 2. The van der Waals surface area contributed by atoms with E-state index in [0.29, 0.717) is 53.7 Å². The molecule has 0 radical (unpaired) electrons. The second-order valence-electron chi connectivity index (χ2n) is 8.57. The molecule has 0 amide bonds. The number of likely N-dealkylation sites (N-methyl/N-ethyl adjacent to an activating group) is 1. The molecule has 188 valence electrons. The topological polar surface area (TPSA) is 133 Å². The van der Waals surface area contributed by atoms with Crippen LogP contribution < -0.4 is 15.0 Å². The van der Waals surface area contributed by atoms with Gasteiger partial charge in [-0.05, 0) is 68.4 Å². The summed E-state index contributed by atoms with van der Waals surface area (Å²) in [5.74, 6) is 0.733. The summed E-state index contributed by atoms with van der Waals surface area (Å²) in [6.07, 6.45) is 1.84. The highest BCUT2D eigenvalue weighted by atomic mass is 16.5. The van der Waals surface area contributed by atoms with E-state index in [2.05, 4.69) is 19.9 Å². The molecule has 0 aliphatic heterocycles. The number of nitrogens with zero attached hydrogens (tertiary/aromatic N) is 3. The van der Waals surface area contributed by atoms with Crippen LogP contribution in [0.3, 0.4) is 0 Å². The zero-order chi connectivity index (χ0) is 25.7. The lowest BCUT2D eigenvalue weighted by molar-refractivity contribution is -0.136. The summed E-state index contributed by atoms with van der Waals surface area (Å²) in [7, 11) is 3.95. The Morgan fingerprint density at radius 2 is 1.94 bits per heavy atom. The third-order valence-corrected chi connectivity index (χ3v) is 5.57. The van der Waals surface area contributed by atoms with Crippen molar-refractivity contribution in [2.75, 3.05) is 33.9 Å². The Kier molecular flexibility index (Phi) is 7.65. The first kappa shape index (κ1) is 24.9. The first-order chi connectivity index (χ1) is 17.3. The van der Waals surface area contributed by atoms with Crippen molar-refractivity contribution in [3.63, 3.8) is 0 Å². The van der Waals surface area contributed by atoms with Gasteiger partial charge >= 0.3 is 5.97 Å². The fourth-order valence-corrected chi connectivity index (χ4v) is 3.80. The largest absolute Gasteiger partial charge is 0.493 e. The lowest BCUT2D eigenvalue weighted by atomic mass is 9.98. The highest BCUT2D eigenvalue weighted by molar-refractivity contribution is 5.77. The third kappa shape index (κ3) is 5.89. The van der Waals surface area contributed by atoms with E-state index in [4.69, 9.17) is 14.6 Å². The molecular weight excluding hydrogens is 462 g/mol. The molecule has 2 aromatic heterocycles. The van der Waals surface area contributed by atoms with E-state index in [-0.39, 0.29) is 12.0 Å². The van der Waals surface area contributed by atoms with E-state index in [1.54, 1.807) is 0 Å². The fraction of sp³-hybridized carbons (Fsp3) is 0.308. The summed E-state index contributed by atoms with van der Waals surface area (Å²) in [6, 6.07) is 11.4. The lowest BCUT2D eigenvalue weighted by Gasteiger charge is -2.15. The molecular formula is C26H29N5O5. The maximum absolute atomic E-state index is 12.4. The highest BCUT2D eigenvalue weighted by Crippen LogP contribution is 2.35. The van der Waals surface area contributed by atoms with Gasteiger partial charge < -0.3 is 29.4 Å². The molecule has 2 aromatic carbocycles. The van der Waals surface area contributed by atoms with Crippen molar-refractivity contribution in [2.45, 2.75) is 19.8 Å². The normalized spacial score (nSPS) is 11.2. The first-order valence-corrected chi connectivity index (χ1v) is 11.7. The van der Waals surface area contributed by atoms with Crippen LogP contribution in [0, 0.1) is 0 Å². The van der Waals surface area contributed by atoms with Gasteiger partial charge in [0.05, 0.1) is 18.5 Å². The fourth-order valence-electron chi connectivity index (χ4n) is 3.80. The highest BCUT2D eigenvalue weighted by Gasteiger charge is 2.15. The molecule has 0 aliphatic rings. The number of aliphatic carboxylic acids is 1. The second-order valence-corrected chi connectivity index (χ2v) is 8.57. The monoisotopic (exact) mass is 491 g/mol. The molecule has 0 saturated carbocycles. The van der Waals surface area contributed by atoms with E-state index < -0.39 is 5.97 Å². The Balaban J connectivity index is 1.73. The number of aromatic nitrogens is 4. The van der Waals surface area contributed by atoms with Crippen molar-refractivity contribution in [2.24, 2.45) is 0 Å². The smallest absolute Gasteiger partial charge is 0.303 e. The zero-order valence-corrected chi connectivity index (χ0v) is 20.5. The summed E-state index contributed by atoms with van der Waals surface area (Å²) < 4.78 is 11.9. The Hall–Kier alpha value is -4.18. The number of H-pyrrole nitrogens is 2. The number of hydrogen-bond acceptors (Lipinski definition) is 7. The van der Waals surface area contributed by atoms with Crippen molar-refractivity contribution in [1.29, 1.82) is 0 Å². The van der Waals surface area contributed by atoms with Gasteiger partial charge in [-0.15, -0.1) is 0 Å². The van der Waals surface area contributed by atoms with Crippen LogP contribution in [0.25, 0.3) is 33.7 Å². The predicted octanol–water partition coefficient (Wildman–Crippen LogP) is 3.34. The van der Waals surface area contributed by atoms with Gasteiger partial charge in [0.25, 0.3) is 5.56 Å². The minimum absolute atomic E-state index is 0.0262. The molecule has 0 atom stereocenters. The number of carbonyl (C=O) groups is 1. The van der Waals surface area contributed by atoms with Crippen LogP contribution in [-0.4, -0.2) is 69.8 Å². The lowest BCUT2D eigenvalue weighted by Crippen LogP contribution is -2.19. The molecule has 0 bridgehead atoms. The number of aryl methyl sites for hydroxylation is 1. The predicted molar refractivity (Wildman–Crippen MR) is 137 cm³/mol.